The molecular formula is C21H22O. The van der Waals surface area contributed by atoms with Crippen LogP contribution in [0.3, 0.4) is 0 Å². The molecule has 0 radical (unpaired) electrons. The summed E-state index contributed by atoms with van der Waals surface area (Å²) in [6.45, 7) is 0. The highest BCUT2D eigenvalue weighted by atomic mass is 16.5. The number of rotatable bonds is 0. The highest BCUT2D eigenvalue weighted by Gasteiger charge is 2.51. The first-order valence-corrected chi connectivity index (χ1v) is 8.77. The number of ether oxygens (including phenoxy) is 1. The van der Waals surface area contributed by atoms with Gasteiger partial charge in [-0.05, 0) is 48.6 Å². The molecule has 1 spiro atoms. The molecule has 0 aromatic heterocycles. The van der Waals surface area contributed by atoms with Crippen molar-refractivity contribution in [3.63, 3.8) is 0 Å². The molecular weight excluding hydrogens is 268 g/mol. The largest absolute Gasteiger partial charge is 0.482 e. The highest BCUT2D eigenvalue weighted by molar-refractivity contribution is 5.93. The summed E-state index contributed by atoms with van der Waals surface area (Å²) in [5.74, 6) is 2.53. The Kier molecular flexibility index (Phi) is 2.68. The van der Waals surface area contributed by atoms with Crippen LogP contribution in [-0.2, 0) is 0 Å². The van der Waals surface area contributed by atoms with Crippen molar-refractivity contribution in [1.29, 1.82) is 0 Å². The van der Waals surface area contributed by atoms with Gasteiger partial charge in [-0.2, -0.15) is 0 Å². The van der Waals surface area contributed by atoms with Crippen molar-refractivity contribution in [3.05, 3.63) is 48.0 Å². The molecule has 3 aliphatic rings. The molecule has 0 N–H and O–H groups in total. The van der Waals surface area contributed by atoms with Crippen LogP contribution >= 0.6 is 0 Å². The molecule has 2 aliphatic carbocycles. The third-order valence-electron chi connectivity index (χ3n) is 6.21. The fourth-order valence-electron chi connectivity index (χ4n) is 5.16. The summed E-state index contributed by atoms with van der Waals surface area (Å²) in [6.07, 6.45) is 12.9. The smallest absolute Gasteiger partial charge is 0.133 e. The van der Waals surface area contributed by atoms with E-state index in [-0.39, 0.29) is 5.60 Å². The maximum atomic E-state index is 6.75. The van der Waals surface area contributed by atoms with E-state index in [4.69, 9.17) is 4.74 Å². The molecule has 0 atom stereocenters. The minimum Gasteiger partial charge on any atom is -0.482 e. The molecule has 0 saturated heterocycles. The van der Waals surface area contributed by atoms with Gasteiger partial charge in [0.2, 0.25) is 0 Å². The van der Waals surface area contributed by atoms with Crippen LogP contribution in [0.4, 0.5) is 0 Å². The second kappa shape index (κ2) is 4.62. The van der Waals surface area contributed by atoms with Crippen LogP contribution in [0.15, 0.2) is 42.5 Å². The molecule has 22 heavy (non-hydrogen) atoms. The Bertz CT molecular complexity index is 736. The topological polar surface area (TPSA) is 9.23 Å². The van der Waals surface area contributed by atoms with Crippen LogP contribution in [0.5, 0.6) is 5.75 Å². The van der Waals surface area contributed by atoms with Gasteiger partial charge in [0.05, 0.1) is 0 Å². The van der Waals surface area contributed by atoms with E-state index in [0.29, 0.717) is 0 Å². The Morgan fingerprint density at radius 3 is 2.36 bits per heavy atom. The van der Waals surface area contributed by atoms with Crippen molar-refractivity contribution >= 4 is 16.8 Å². The molecule has 112 valence electrons. The summed E-state index contributed by atoms with van der Waals surface area (Å²) in [5, 5.41) is 2.61. The average molecular weight is 290 g/mol. The van der Waals surface area contributed by atoms with Gasteiger partial charge >= 0.3 is 0 Å². The van der Waals surface area contributed by atoms with E-state index in [1.807, 2.05) is 0 Å². The first-order chi connectivity index (χ1) is 10.9. The third kappa shape index (κ3) is 1.65. The Labute approximate surface area is 132 Å². The zero-order chi connectivity index (χ0) is 14.6. The van der Waals surface area contributed by atoms with Gasteiger partial charge in [-0.3, -0.25) is 0 Å². The van der Waals surface area contributed by atoms with E-state index in [1.165, 1.54) is 54.9 Å². The van der Waals surface area contributed by atoms with Crippen molar-refractivity contribution in [1.82, 2.24) is 0 Å². The van der Waals surface area contributed by atoms with Crippen molar-refractivity contribution in [3.8, 4) is 5.75 Å². The number of fused-ring (bicyclic) bond motifs is 3. The molecule has 1 heteroatoms. The monoisotopic (exact) mass is 290 g/mol. The Morgan fingerprint density at radius 1 is 0.864 bits per heavy atom. The van der Waals surface area contributed by atoms with Crippen molar-refractivity contribution in [2.45, 2.75) is 44.1 Å². The zero-order valence-corrected chi connectivity index (χ0v) is 12.9. The molecule has 0 unspecified atom stereocenters. The molecule has 2 aromatic carbocycles. The first-order valence-electron chi connectivity index (χ1n) is 8.77. The lowest BCUT2D eigenvalue weighted by atomic mass is 9.60. The summed E-state index contributed by atoms with van der Waals surface area (Å²) in [6, 6.07) is 13.0. The minimum absolute atomic E-state index is 0.00798. The van der Waals surface area contributed by atoms with Crippen LogP contribution in [0.2, 0.25) is 0 Å². The predicted octanol–water partition coefficient (Wildman–Crippen LogP) is 5.58. The van der Waals surface area contributed by atoms with Crippen LogP contribution in [0, 0.1) is 11.8 Å². The number of benzene rings is 2. The second-order valence-corrected chi connectivity index (χ2v) is 7.24. The first kappa shape index (κ1) is 12.8. The predicted molar refractivity (Wildman–Crippen MR) is 91.0 cm³/mol. The average Bonchev–Trinajstić information content (AvgIpc) is 2.54. The van der Waals surface area contributed by atoms with Gasteiger partial charge in [-0.25, -0.2) is 0 Å². The Hall–Kier alpha value is -1.76. The Morgan fingerprint density at radius 2 is 1.59 bits per heavy atom. The van der Waals surface area contributed by atoms with Crippen molar-refractivity contribution in [2.75, 3.05) is 0 Å². The van der Waals surface area contributed by atoms with E-state index in [0.717, 1.165) is 17.6 Å². The maximum absolute atomic E-state index is 6.75. The maximum Gasteiger partial charge on any atom is 0.133 e. The summed E-state index contributed by atoms with van der Waals surface area (Å²) < 4.78 is 6.75. The van der Waals surface area contributed by atoms with Gasteiger partial charge in [0, 0.05) is 17.4 Å². The van der Waals surface area contributed by atoms with Gasteiger partial charge in [0.1, 0.15) is 11.4 Å². The molecule has 1 aliphatic heterocycles. The zero-order valence-electron chi connectivity index (χ0n) is 12.9. The van der Waals surface area contributed by atoms with E-state index in [2.05, 4.69) is 48.6 Å². The SMILES string of the molecule is C1=CC2(Oc3ccc4ccccc4c31)C1CCCC2CCC1. The number of hydrogen-bond acceptors (Lipinski definition) is 1. The molecule has 5 rings (SSSR count). The van der Waals surface area contributed by atoms with Gasteiger partial charge in [-0.1, -0.05) is 49.2 Å². The lowest BCUT2D eigenvalue weighted by Gasteiger charge is -2.52. The third-order valence-corrected chi connectivity index (χ3v) is 6.21. The van der Waals surface area contributed by atoms with Crippen LogP contribution < -0.4 is 4.74 Å². The van der Waals surface area contributed by atoms with Crippen molar-refractivity contribution in [2.24, 2.45) is 11.8 Å². The summed E-state index contributed by atoms with van der Waals surface area (Å²) in [4.78, 5) is 0. The molecule has 2 bridgehead atoms. The molecule has 1 nitrogen and oxygen atoms in total. The van der Waals surface area contributed by atoms with E-state index in [9.17, 15) is 0 Å². The fraction of sp³-hybridized carbons (Fsp3) is 0.429. The second-order valence-electron chi connectivity index (χ2n) is 7.24. The molecule has 2 aromatic rings. The highest BCUT2D eigenvalue weighted by Crippen LogP contribution is 2.53. The number of hydrogen-bond donors (Lipinski definition) is 0. The molecule has 0 amide bonds. The van der Waals surface area contributed by atoms with Crippen LogP contribution in [-0.4, -0.2) is 5.60 Å². The van der Waals surface area contributed by atoms with E-state index < -0.39 is 0 Å². The molecule has 2 fully saturated rings. The fourth-order valence-corrected chi connectivity index (χ4v) is 5.16. The van der Waals surface area contributed by atoms with Crippen LogP contribution in [0.25, 0.3) is 16.8 Å². The lowest BCUT2D eigenvalue weighted by Crippen LogP contribution is -2.54. The molecule has 2 saturated carbocycles. The van der Waals surface area contributed by atoms with Gasteiger partial charge in [-0.15, -0.1) is 0 Å². The van der Waals surface area contributed by atoms with Gasteiger partial charge < -0.3 is 4.74 Å². The summed E-state index contributed by atoms with van der Waals surface area (Å²) >= 11 is 0. The summed E-state index contributed by atoms with van der Waals surface area (Å²) in [7, 11) is 0. The van der Waals surface area contributed by atoms with Crippen molar-refractivity contribution < 1.29 is 4.74 Å². The minimum atomic E-state index is -0.00798. The molecule has 1 heterocycles. The van der Waals surface area contributed by atoms with Gasteiger partial charge in [0.15, 0.2) is 0 Å². The van der Waals surface area contributed by atoms with Gasteiger partial charge in [0.25, 0.3) is 0 Å². The van der Waals surface area contributed by atoms with E-state index >= 15 is 0 Å². The van der Waals surface area contributed by atoms with E-state index in [1.54, 1.807) is 0 Å². The van der Waals surface area contributed by atoms with Crippen LogP contribution in [0.1, 0.15) is 44.1 Å². The quantitative estimate of drug-likeness (QED) is 0.615. The lowest BCUT2D eigenvalue weighted by molar-refractivity contribution is -0.0612. The normalized spacial score (nSPS) is 32.7. The standard InChI is InChI=1S/C21H22O/c1-2-10-18-15(5-1)11-12-20-19(18)13-14-21(22-20)16-6-3-7-17(21)9-4-8-16/h1-2,5,10-14,16-17H,3-4,6-9H2. The Balaban J connectivity index is 1.65. The summed E-state index contributed by atoms with van der Waals surface area (Å²) in [5.41, 5.74) is 1.26.